The monoisotopic (exact) mass is 1130 g/mol. The van der Waals surface area contributed by atoms with E-state index in [0.29, 0.717) is 0 Å². The van der Waals surface area contributed by atoms with Gasteiger partial charge in [-0.2, -0.15) is 4.57 Å². The number of halogens is 20. The maximum absolute atomic E-state index is 15.4. The Bertz CT molecular complexity index is 4020. The Hall–Kier alpha value is -9.02. The Kier molecular flexibility index (Phi) is 13.6. The summed E-state index contributed by atoms with van der Waals surface area (Å²) in [5, 5.41) is 8.66. The van der Waals surface area contributed by atoms with Gasteiger partial charge < -0.3 is 0 Å². The van der Waals surface area contributed by atoms with Crippen LogP contribution in [0.1, 0.15) is 10.4 Å². The molecule has 0 bridgehead atoms. The Morgan fingerprint density at radius 3 is 1.06 bits per heavy atom. The second kappa shape index (κ2) is 20.0. The summed E-state index contributed by atoms with van der Waals surface area (Å²) in [7, 11) is 0. The predicted octanol–water partition coefficient (Wildman–Crippen LogP) is 13.4. The van der Waals surface area contributed by atoms with Gasteiger partial charge in [-0.25, -0.2) is 87.8 Å². The van der Waals surface area contributed by atoms with E-state index in [9.17, 15) is 57.5 Å². The van der Waals surface area contributed by atoms with Crippen LogP contribution in [0.3, 0.4) is 0 Å². The zero-order valence-corrected chi connectivity index (χ0v) is 39.2. The minimum absolute atomic E-state index is 0.103. The lowest BCUT2D eigenvalue weighted by Gasteiger charge is -2.44. The average Bonchev–Trinajstić information content (AvgIpc) is 2.68. The molecule has 1 aromatic heterocycles. The molecule has 0 unspecified atom stereocenters. The highest BCUT2D eigenvalue weighted by atomic mass is 19.2. The summed E-state index contributed by atoms with van der Waals surface area (Å²) in [5.41, 5.74) is -10.4. The summed E-state index contributed by atoms with van der Waals surface area (Å²) in [6, 6.07) is 41.9. The Morgan fingerprint density at radius 2 is 0.637 bits per heavy atom. The number of para-hydroxylation sites is 1. The molecule has 0 N–H and O–H groups in total. The van der Waals surface area contributed by atoms with Crippen LogP contribution in [0, 0.1) is 116 Å². The van der Waals surface area contributed by atoms with E-state index in [2.05, 4.69) is 83.4 Å². The van der Waals surface area contributed by atoms with Gasteiger partial charge in [0.25, 0.3) is 0 Å². The lowest BCUT2D eigenvalue weighted by atomic mass is 9.12. The molecule has 1 heterocycles. The fraction of sp³-hybridized carbons (Fsp3) is 0.0175. The van der Waals surface area contributed by atoms with E-state index in [-0.39, 0.29) is 12.3 Å². The zero-order chi connectivity index (χ0) is 57.7. The molecule has 0 saturated heterocycles. The highest BCUT2D eigenvalue weighted by molar-refractivity contribution is 7.20. The van der Waals surface area contributed by atoms with Gasteiger partial charge in [0.2, 0.25) is 23.5 Å². The Balaban J connectivity index is 0.000000185. The van der Waals surface area contributed by atoms with Crippen molar-refractivity contribution in [2.75, 3.05) is 0 Å². The smallest absolute Gasteiger partial charge is 0.227 e. The van der Waals surface area contributed by atoms with E-state index in [0.717, 1.165) is 27.7 Å². The normalized spacial score (nSPS) is 11.8. The summed E-state index contributed by atoms with van der Waals surface area (Å²) in [4.78, 5) is 13.4. The number of hydrogen-bond acceptors (Lipinski definition) is 1. The third-order valence-electron chi connectivity index (χ3n) is 13.8. The molecular formula is C57H22BF20NO. The maximum atomic E-state index is 15.4. The molecule has 11 aromatic rings. The van der Waals surface area contributed by atoms with Crippen molar-refractivity contribution >= 4 is 77.0 Å². The summed E-state index contributed by atoms with van der Waals surface area (Å²) in [6.07, 6.45) is -7.22. The van der Waals surface area contributed by atoms with Gasteiger partial charge in [-0.05, 0) is 50.5 Å². The largest absolute Gasteiger partial charge is 0.287 e. The van der Waals surface area contributed by atoms with Crippen LogP contribution in [-0.4, -0.2) is 11.9 Å². The number of hydrogen-bond donors (Lipinski definition) is 0. The first-order valence-electron chi connectivity index (χ1n) is 22.9. The summed E-state index contributed by atoms with van der Waals surface area (Å²) < 4.78 is 296. The van der Waals surface area contributed by atoms with Crippen LogP contribution >= 0.6 is 0 Å². The van der Waals surface area contributed by atoms with Gasteiger partial charge in [-0.15, -0.1) is 21.9 Å². The van der Waals surface area contributed by atoms with Gasteiger partial charge in [-0.3, -0.25) is 4.79 Å². The highest BCUT2D eigenvalue weighted by Gasteiger charge is 2.52. The van der Waals surface area contributed by atoms with Crippen LogP contribution in [0.2, 0.25) is 0 Å². The summed E-state index contributed by atoms with van der Waals surface area (Å²) >= 11 is 0. The number of Topliss-reactive ketones (excluding diaryl/α,β-unsaturated/α-hetero) is 1. The van der Waals surface area contributed by atoms with E-state index in [4.69, 9.17) is 0 Å². The Morgan fingerprint density at radius 1 is 0.312 bits per heavy atom. The fourth-order valence-electron chi connectivity index (χ4n) is 10.4. The van der Waals surface area contributed by atoms with Crippen molar-refractivity contribution in [3.05, 3.63) is 243 Å². The SMILES string of the molecule is Fc1c(F)c(F)c([B-](c2c(F)c(F)c(F)c(F)c2F)(c2c(F)c(F)c(F)c(F)c2F)c2c(F)c(F)c(F)c(F)c2F)c(F)c1F.O=C(C[n+]1c(-c2ccc3ccc4cccc5ccc2c3c45)ccc2ccccc21)c1ccccc1. The molecule has 0 fully saturated rings. The lowest BCUT2D eigenvalue weighted by Crippen LogP contribution is -2.81. The standard InChI is InChI=1S/C33H22NO.C24BF20/c35-31(23-8-2-1-3-9-23)21-34-29-12-5-4-7-22(29)17-20-30(34)27-18-15-26-14-13-24-10-6-11-25-16-19-28(27)33(26)32(24)25;26-5-1(6(27)14(35)21(42)13(5)34)25(2-7(28)15(36)22(43)16(37)8(2)29,3-9(30)17(38)23(44)18(39)10(3)31)4-11(32)19(40)24(45)20(41)12(4)33/h1-20H,21H2;/q+1;-1. The Labute approximate surface area is 434 Å². The van der Waals surface area contributed by atoms with Crippen molar-refractivity contribution in [3.63, 3.8) is 0 Å². The van der Waals surface area contributed by atoms with Crippen molar-refractivity contribution < 1.29 is 97.2 Å². The molecule has 0 atom stereocenters. The highest BCUT2D eigenvalue weighted by Crippen LogP contribution is 2.39. The molecule has 10 aromatic carbocycles. The molecule has 0 saturated carbocycles. The number of nitrogens with zero attached hydrogens (tertiary/aromatic N) is 1. The zero-order valence-electron chi connectivity index (χ0n) is 39.2. The minimum atomic E-state index is -7.22. The number of fused-ring (bicyclic) bond motifs is 1. The predicted molar refractivity (Wildman–Crippen MR) is 253 cm³/mol. The molecule has 0 aliphatic rings. The number of carbonyl (C=O) groups excluding carboxylic acids is 1. The summed E-state index contributed by atoms with van der Waals surface area (Å²) in [6.45, 7) is 0.280. The number of carbonyl (C=O) groups is 1. The second-order valence-electron chi connectivity index (χ2n) is 17.9. The van der Waals surface area contributed by atoms with Gasteiger partial charge in [-0.1, -0.05) is 91.0 Å². The maximum Gasteiger partial charge on any atom is 0.227 e. The molecule has 0 spiro atoms. The van der Waals surface area contributed by atoms with Crippen molar-refractivity contribution in [3.8, 4) is 11.3 Å². The molecule has 0 aliphatic heterocycles. The molecule has 404 valence electrons. The van der Waals surface area contributed by atoms with E-state index in [1.807, 2.05) is 42.5 Å². The lowest BCUT2D eigenvalue weighted by molar-refractivity contribution is -0.645. The third-order valence-corrected chi connectivity index (χ3v) is 13.8. The first-order valence-corrected chi connectivity index (χ1v) is 22.9. The van der Waals surface area contributed by atoms with E-state index < -0.39 is 144 Å². The van der Waals surface area contributed by atoms with Gasteiger partial charge in [0, 0.05) is 23.1 Å². The van der Waals surface area contributed by atoms with E-state index >= 15 is 35.1 Å². The van der Waals surface area contributed by atoms with Crippen molar-refractivity contribution in [2.24, 2.45) is 0 Å². The average molecular weight is 1130 g/mol. The van der Waals surface area contributed by atoms with Crippen LogP contribution in [0.5, 0.6) is 0 Å². The first kappa shape index (κ1) is 54.3. The molecule has 23 heteroatoms. The molecule has 0 radical (unpaired) electrons. The minimum Gasteiger partial charge on any atom is -0.287 e. The quantitative estimate of drug-likeness (QED) is 0.0283. The van der Waals surface area contributed by atoms with Crippen molar-refractivity contribution in [1.82, 2.24) is 0 Å². The number of pyridine rings is 1. The molecule has 11 rings (SSSR count). The first-order chi connectivity index (χ1) is 38.0. The van der Waals surface area contributed by atoms with Crippen LogP contribution in [0.25, 0.3) is 54.5 Å². The van der Waals surface area contributed by atoms with Crippen molar-refractivity contribution in [2.45, 2.75) is 6.54 Å². The van der Waals surface area contributed by atoms with Crippen LogP contribution in [-0.2, 0) is 6.54 Å². The topological polar surface area (TPSA) is 20.9 Å². The van der Waals surface area contributed by atoms with Gasteiger partial charge in [0.1, 0.15) is 52.7 Å². The van der Waals surface area contributed by atoms with Crippen LogP contribution < -0.4 is 26.4 Å². The number of rotatable bonds is 8. The second-order valence-corrected chi connectivity index (χ2v) is 17.9. The number of ketones is 1. The number of aromatic nitrogens is 1. The van der Waals surface area contributed by atoms with Gasteiger partial charge in [0.15, 0.2) is 69.8 Å². The molecule has 0 aliphatic carbocycles. The van der Waals surface area contributed by atoms with Gasteiger partial charge in [0.05, 0.1) is 5.56 Å². The van der Waals surface area contributed by atoms with Crippen LogP contribution in [0.4, 0.5) is 87.8 Å². The third kappa shape index (κ3) is 7.97. The van der Waals surface area contributed by atoms with E-state index in [1.54, 1.807) is 0 Å². The molecule has 0 amide bonds. The van der Waals surface area contributed by atoms with E-state index in [1.165, 1.54) is 32.3 Å². The molecular weight excluding hydrogens is 1110 g/mol. The fourth-order valence-corrected chi connectivity index (χ4v) is 10.4. The molecule has 2 nitrogen and oxygen atoms in total. The van der Waals surface area contributed by atoms with Gasteiger partial charge >= 0.3 is 0 Å². The van der Waals surface area contributed by atoms with Crippen LogP contribution in [0.15, 0.2) is 121 Å². The van der Waals surface area contributed by atoms with Crippen molar-refractivity contribution in [1.29, 1.82) is 0 Å². The number of benzene rings is 10. The summed E-state index contributed by atoms with van der Waals surface area (Å²) in [5.74, 6) is -71.3. The molecule has 80 heavy (non-hydrogen) atoms.